The molecule has 20 heavy (non-hydrogen) atoms. The van der Waals surface area contributed by atoms with Gasteiger partial charge in [0.05, 0.1) is 0 Å². The van der Waals surface area contributed by atoms with E-state index in [0.717, 1.165) is 0 Å². The van der Waals surface area contributed by atoms with E-state index in [1.165, 1.54) is 0 Å². The molecule has 2 N–H and O–H groups in total. The Morgan fingerprint density at radius 3 is 2.20 bits per heavy atom. The third-order valence-electron chi connectivity index (χ3n) is 4.86. The molecule has 0 aromatic heterocycles. The van der Waals surface area contributed by atoms with Crippen molar-refractivity contribution in [2.45, 2.75) is 50.2 Å². The second-order valence-corrected chi connectivity index (χ2v) is 5.98. The Labute approximate surface area is 115 Å². The minimum atomic E-state index is -4.35. The number of hydrogen-bond acceptors (Lipinski definition) is 3. The molecular weight excluding hydrogens is 271 g/mol. The number of rotatable bonds is 1. The summed E-state index contributed by atoms with van der Waals surface area (Å²) in [6.45, 7) is 1.23. The molecule has 0 aromatic carbocycles. The van der Waals surface area contributed by atoms with E-state index in [1.807, 2.05) is 0 Å². The van der Waals surface area contributed by atoms with Crippen LogP contribution in [0.1, 0.15) is 38.5 Å². The standard InChI is InChI=1S/C13H18F3N3O/c14-13(15,16)11(3-1-2-4-11)9-18-10(20)12(19-9)5-7-17-8-6-12/h17H,1-8H2,(H,18,19,20). The highest BCUT2D eigenvalue weighted by Gasteiger charge is 2.62. The zero-order valence-corrected chi connectivity index (χ0v) is 11.1. The molecule has 3 rings (SSSR count). The quantitative estimate of drug-likeness (QED) is 0.773. The van der Waals surface area contributed by atoms with Gasteiger partial charge in [0.1, 0.15) is 16.8 Å². The molecule has 2 fully saturated rings. The number of hydrogen-bond donors (Lipinski definition) is 2. The molecule has 0 unspecified atom stereocenters. The van der Waals surface area contributed by atoms with E-state index in [0.29, 0.717) is 38.8 Å². The van der Waals surface area contributed by atoms with E-state index in [-0.39, 0.29) is 24.6 Å². The molecule has 0 atom stereocenters. The second-order valence-electron chi connectivity index (χ2n) is 5.98. The highest BCUT2D eigenvalue weighted by atomic mass is 19.4. The first-order valence-electron chi connectivity index (χ1n) is 7.09. The van der Waals surface area contributed by atoms with Crippen molar-refractivity contribution in [2.24, 2.45) is 10.4 Å². The Balaban J connectivity index is 1.97. The molecule has 4 nitrogen and oxygen atoms in total. The second kappa shape index (κ2) is 4.44. The maximum absolute atomic E-state index is 13.5. The van der Waals surface area contributed by atoms with Gasteiger partial charge in [0, 0.05) is 0 Å². The summed E-state index contributed by atoms with van der Waals surface area (Å²) in [5, 5.41) is 5.58. The third-order valence-corrected chi connectivity index (χ3v) is 4.86. The first-order chi connectivity index (χ1) is 9.40. The van der Waals surface area contributed by atoms with Crippen LogP contribution >= 0.6 is 0 Å². The van der Waals surface area contributed by atoms with Crippen LogP contribution in [-0.4, -0.2) is 36.5 Å². The first kappa shape index (κ1) is 13.9. The van der Waals surface area contributed by atoms with E-state index in [4.69, 9.17) is 0 Å². The summed E-state index contributed by atoms with van der Waals surface area (Å²) in [6.07, 6.45) is -2.29. The normalized spacial score (nSPS) is 28.6. The third kappa shape index (κ3) is 1.86. The number of piperidine rings is 1. The number of amidine groups is 1. The Morgan fingerprint density at radius 1 is 1.05 bits per heavy atom. The van der Waals surface area contributed by atoms with Crippen LogP contribution in [0.25, 0.3) is 0 Å². The van der Waals surface area contributed by atoms with Gasteiger partial charge in [-0.2, -0.15) is 13.2 Å². The lowest BCUT2D eigenvalue weighted by Crippen LogP contribution is -2.50. The fourth-order valence-corrected chi connectivity index (χ4v) is 3.56. The van der Waals surface area contributed by atoms with Gasteiger partial charge in [-0.3, -0.25) is 9.79 Å². The Hall–Kier alpha value is -1.11. The van der Waals surface area contributed by atoms with Gasteiger partial charge in [-0.15, -0.1) is 0 Å². The van der Waals surface area contributed by atoms with Crippen molar-refractivity contribution in [3.8, 4) is 0 Å². The summed E-state index contributed by atoms with van der Waals surface area (Å²) >= 11 is 0. The summed E-state index contributed by atoms with van der Waals surface area (Å²) < 4.78 is 40.5. The van der Waals surface area contributed by atoms with Crippen LogP contribution in [0, 0.1) is 5.41 Å². The topological polar surface area (TPSA) is 53.5 Å². The molecule has 0 aromatic rings. The van der Waals surface area contributed by atoms with E-state index < -0.39 is 17.1 Å². The van der Waals surface area contributed by atoms with Crippen molar-refractivity contribution in [2.75, 3.05) is 13.1 Å². The molecular formula is C13H18F3N3O. The number of nitrogens with one attached hydrogen (secondary N) is 2. The monoisotopic (exact) mass is 289 g/mol. The Morgan fingerprint density at radius 2 is 1.65 bits per heavy atom. The number of carbonyl (C=O) groups is 1. The summed E-state index contributed by atoms with van der Waals surface area (Å²) in [5.41, 5.74) is -2.90. The van der Waals surface area contributed by atoms with Crippen LogP contribution < -0.4 is 10.6 Å². The minimum absolute atomic E-state index is 0.0317. The van der Waals surface area contributed by atoms with Crippen molar-refractivity contribution in [3.63, 3.8) is 0 Å². The van der Waals surface area contributed by atoms with Crippen LogP contribution in [0.4, 0.5) is 13.2 Å². The van der Waals surface area contributed by atoms with Gasteiger partial charge in [0.15, 0.2) is 0 Å². The van der Waals surface area contributed by atoms with Gasteiger partial charge in [-0.25, -0.2) is 0 Å². The molecule has 0 radical (unpaired) electrons. The van der Waals surface area contributed by atoms with E-state index in [2.05, 4.69) is 15.6 Å². The molecule has 2 heterocycles. The molecule has 1 saturated heterocycles. The number of nitrogens with zero attached hydrogens (tertiary/aromatic N) is 1. The number of alkyl halides is 3. The predicted octanol–water partition coefficient (Wildman–Crippen LogP) is 1.76. The van der Waals surface area contributed by atoms with Gasteiger partial charge in [0.25, 0.3) is 5.91 Å². The number of carbonyl (C=O) groups excluding carboxylic acids is 1. The average molecular weight is 289 g/mol. The molecule has 2 aliphatic heterocycles. The van der Waals surface area contributed by atoms with Gasteiger partial charge in [0.2, 0.25) is 0 Å². The van der Waals surface area contributed by atoms with Crippen LogP contribution in [-0.2, 0) is 4.79 Å². The highest BCUT2D eigenvalue weighted by Crippen LogP contribution is 2.52. The van der Waals surface area contributed by atoms with Gasteiger partial charge in [-0.05, 0) is 38.8 Å². The van der Waals surface area contributed by atoms with Crippen LogP contribution in [0.3, 0.4) is 0 Å². The van der Waals surface area contributed by atoms with Crippen molar-refractivity contribution in [1.82, 2.24) is 10.6 Å². The van der Waals surface area contributed by atoms with Crippen LogP contribution in [0.2, 0.25) is 0 Å². The fraction of sp³-hybridized carbons (Fsp3) is 0.846. The van der Waals surface area contributed by atoms with Crippen LogP contribution in [0.5, 0.6) is 0 Å². The lowest BCUT2D eigenvalue weighted by molar-refractivity contribution is -0.196. The summed E-state index contributed by atoms with van der Waals surface area (Å²) in [6, 6.07) is 0. The average Bonchev–Trinajstić information content (AvgIpc) is 2.98. The van der Waals surface area contributed by atoms with E-state index >= 15 is 0 Å². The number of halogens is 3. The molecule has 7 heteroatoms. The van der Waals surface area contributed by atoms with E-state index in [1.54, 1.807) is 0 Å². The first-order valence-corrected chi connectivity index (χ1v) is 7.09. The van der Waals surface area contributed by atoms with Gasteiger partial charge < -0.3 is 10.6 Å². The SMILES string of the molecule is O=C1NC(C2(C(F)(F)F)CCCC2)=NC12CCNCC2. The maximum atomic E-state index is 13.5. The van der Waals surface area contributed by atoms with Crippen molar-refractivity contribution < 1.29 is 18.0 Å². The molecule has 112 valence electrons. The predicted molar refractivity (Wildman–Crippen MR) is 67.4 cm³/mol. The van der Waals surface area contributed by atoms with Crippen molar-refractivity contribution in [1.29, 1.82) is 0 Å². The van der Waals surface area contributed by atoms with Gasteiger partial charge >= 0.3 is 6.18 Å². The van der Waals surface area contributed by atoms with E-state index in [9.17, 15) is 18.0 Å². The maximum Gasteiger partial charge on any atom is 0.401 e. The zero-order valence-electron chi connectivity index (χ0n) is 11.1. The number of amides is 1. The molecule has 1 aliphatic carbocycles. The Kier molecular flexibility index (Phi) is 3.08. The fourth-order valence-electron chi connectivity index (χ4n) is 3.56. The summed E-state index contributed by atoms with van der Waals surface area (Å²) in [5.74, 6) is -0.487. The van der Waals surface area contributed by atoms with Gasteiger partial charge in [-0.1, -0.05) is 12.8 Å². The lowest BCUT2D eigenvalue weighted by atomic mass is 9.83. The molecule has 1 amide bonds. The zero-order chi connectivity index (χ0) is 14.4. The largest absolute Gasteiger partial charge is 0.401 e. The highest BCUT2D eigenvalue weighted by molar-refractivity contribution is 6.10. The molecule has 1 spiro atoms. The van der Waals surface area contributed by atoms with Crippen molar-refractivity contribution in [3.05, 3.63) is 0 Å². The van der Waals surface area contributed by atoms with Crippen molar-refractivity contribution >= 4 is 11.7 Å². The summed E-state index contributed by atoms with van der Waals surface area (Å²) in [4.78, 5) is 16.4. The molecule has 3 aliphatic rings. The summed E-state index contributed by atoms with van der Waals surface area (Å²) in [7, 11) is 0. The van der Waals surface area contributed by atoms with Crippen LogP contribution in [0.15, 0.2) is 4.99 Å². The minimum Gasteiger partial charge on any atom is -0.317 e. The number of aliphatic imine (C=N–C) groups is 1. The smallest absolute Gasteiger partial charge is 0.317 e. The molecule has 0 bridgehead atoms. The Bertz CT molecular complexity index is 446. The lowest BCUT2D eigenvalue weighted by Gasteiger charge is -2.31. The molecule has 1 saturated carbocycles.